The molecule has 0 saturated heterocycles. The van der Waals surface area contributed by atoms with Gasteiger partial charge in [0.15, 0.2) is 0 Å². The number of aryl methyl sites for hydroxylation is 1. The third kappa shape index (κ3) is 4.39. The summed E-state index contributed by atoms with van der Waals surface area (Å²) in [5.74, 6) is 0.408. The van der Waals surface area contributed by atoms with Crippen LogP contribution in [0.4, 0.5) is 10.1 Å². The number of hydrogen-bond acceptors (Lipinski definition) is 1. The molecule has 0 bridgehead atoms. The molecule has 2 aromatic rings. The Hall–Kier alpha value is -1.25. The third-order valence-corrected chi connectivity index (χ3v) is 3.52. The van der Waals surface area contributed by atoms with E-state index < -0.39 is 0 Å². The lowest BCUT2D eigenvalue weighted by Gasteiger charge is -2.09. The van der Waals surface area contributed by atoms with Crippen LogP contribution in [-0.2, 0) is 13.0 Å². The molecule has 1 nitrogen and oxygen atoms in total. The van der Waals surface area contributed by atoms with Crippen molar-refractivity contribution in [3.8, 4) is 0 Å². The number of alkyl halides is 1. The van der Waals surface area contributed by atoms with E-state index in [0.29, 0.717) is 23.0 Å². The van der Waals surface area contributed by atoms with Crippen molar-refractivity contribution in [3.63, 3.8) is 0 Å². The normalized spacial score (nSPS) is 10.6. The van der Waals surface area contributed by atoms with E-state index in [1.807, 2.05) is 12.1 Å². The van der Waals surface area contributed by atoms with Crippen LogP contribution in [0.25, 0.3) is 0 Å². The highest BCUT2D eigenvalue weighted by molar-refractivity contribution is 6.30. The summed E-state index contributed by atoms with van der Waals surface area (Å²) < 4.78 is 13.6. The largest absolute Gasteiger partial charge is 0.381 e. The van der Waals surface area contributed by atoms with Gasteiger partial charge < -0.3 is 5.32 Å². The molecule has 0 fully saturated rings. The van der Waals surface area contributed by atoms with E-state index in [2.05, 4.69) is 17.4 Å². The van der Waals surface area contributed by atoms with E-state index in [4.69, 9.17) is 23.2 Å². The van der Waals surface area contributed by atoms with Crippen LogP contribution in [0, 0.1) is 5.82 Å². The monoisotopic (exact) mass is 311 g/mol. The van der Waals surface area contributed by atoms with Gasteiger partial charge in [-0.05, 0) is 48.7 Å². The molecule has 20 heavy (non-hydrogen) atoms. The minimum Gasteiger partial charge on any atom is -0.381 e. The Morgan fingerprint density at radius 2 is 1.95 bits per heavy atom. The van der Waals surface area contributed by atoms with Crippen molar-refractivity contribution in [1.82, 2.24) is 0 Å². The van der Waals surface area contributed by atoms with E-state index >= 15 is 0 Å². The van der Waals surface area contributed by atoms with Crippen molar-refractivity contribution in [1.29, 1.82) is 0 Å². The van der Waals surface area contributed by atoms with E-state index in [-0.39, 0.29) is 5.82 Å². The lowest BCUT2D eigenvalue weighted by atomic mass is 10.1. The van der Waals surface area contributed by atoms with Gasteiger partial charge in [0.05, 0.1) is 0 Å². The number of rotatable bonds is 6. The fourth-order valence-electron chi connectivity index (χ4n) is 1.98. The minimum atomic E-state index is -0.250. The van der Waals surface area contributed by atoms with Crippen molar-refractivity contribution in [2.45, 2.75) is 19.4 Å². The maximum atomic E-state index is 13.6. The number of halogens is 3. The summed E-state index contributed by atoms with van der Waals surface area (Å²) in [6.07, 6.45) is 1.90. The van der Waals surface area contributed by atoms with Gasteiger partial charge in [0.1, 0.15) is 5.82 Å². The molecule has 0 heterocycles. The van der Waals surface area contributed by atoms with Crippen molar-refractivity contribution >= 4 is 28.9 Å². The van der Waals surface area contributed by atoms with Crippen LogP contribution in [0.2, 0.25) is 5.02 Å². The first kappa shape index (κ1) is 15.1. The maximum absolute atomic E-state index is 13.6. The molecule has 2 rings (SSSR count). The van der Waals surface area contributed by atoms with Crippen molar-refractivity contribution in [3.05, 3.63) is 64.4 Å². The molecule has 2 aromatic carbocycles. The molecular weight excluding hydrogens is 296 g/mol. The van der Waals surface area contributed by atoms with Crippen LogP contribution in [0.5, 0.6) is 0 Å². The Labute approximate surface area is 128 Å². The van der Waals surface area contributed by atoms with E-state index in [1.54, 1.807) is 12.1 Å². The SMILES string of the molecule is Fc1ccc(Cl)cc1CNc1cccc(CCCCl)c1. The Kier molecular flexibility index (Phi) is 5.69. The van der Waals surface area contributed by atoms with Crippen LogP contribution >= 0.6 is 23.2 Å². The van der Waals surface area contributed by atoms with Gasteiger partial charge in [-0.1, -0.05) is 23.7 Å². The Morgan fingerprint density at radius 3 is 2.75 bits per heavy atom. The van der Waals surface area contributed by atoms with E-state index in [9.17, 15) is 4.39 Å². The second kappa shape index (κ2) is 7.51. The van der Waals surface area contributed by atoms with Crippen molar-refractivity contribution in [2.75, 3.05) is 11.2 Å². The summed E-state index contributed by atoms with van der Waals surface area (Å²) in [4.78, 5) is 0. The lowest BCUT2D eigenvalue weighted by Crippen LogP contribution is -2.02. The van der Waals surface area contributed by atoms with Gasteiger partial charge >= 0.3 is 0 Å². The molecule has 0 aliphatic rings. The second-order valence-electron chi connectivity index (χ2n) is 4.58. The van der Waals surface area contributed by atoms with Gasteiger partial charge in [0.25, 0.3) is 0 Å². The van der Waals surface area contributed by atoms with Gasteiger partial charge in [0, 0.05) is 28.7 Å². The van der Waals surface area contributed by atoms with Crippen molar-refractivity contribution in [2.24, 2.45) is 0 Å². The van der Waals surface area contributed by atoms with Crippen LogP contribution in [0.15, 0.2) is 42.5 Å². The predicted molar refractivity (Wildman–Crippen MR) is 84.2 cm³/mol. The third-order valence-electron chi connectivity index (χ3n) is 3.02. The molecule has 4 heteroatoms. The van der Waals surface area contributed by atoms with Crippen molar-refractivity contribution < 1.29 is 4.39 Å². The first-order valence-electron chi connectivity index (χ1n) is 6.52. The van der Waals surface area contributed by atoms with Gasteiger partial charge in [0.2, 0.25) is 0 Å². The Bertz CT molecular complexity index is 572. The summed E-state index contributed by atoms with van der Waals surface area (Å²) in [7, 11) is 0. The van der Waals surface area contributed by atoms with E-state index in [1.165, 1.54) is 11.6 Å². The fraction of sp³-hybridized carbons (Fsp3) is 0.250. The Morgan fingerprint density at radius 1 is 1.10 bits per heavy atom. The molecule has 0 aromatic heterocycles. The van der Waals surface area contributed by atoms with Gasteiger partial charge in [-0.25, -0.2) is 4.39 Å². The first-order valence-corrected chi connectivity index (χ1v) is 7.43. The zero-order valence-corrected chi connectivity index (χ0v) is 12.5. The molecule has 0 aliphatic heterocycles. The van der Waals surface area contributed by atoms with Crippen LogP contribution in [0.1, 0.15) is 17.5 Å². The summed E-state index contributed by atoms with van der Waals surface area (Å²) in [6.45, 7) is 0.408. The minimum absolute atomic E-state index is 0.250. The predicted octanol–water partition coefficient (Wildman–Crippen LogP) is 5.26. The molecular formula is C16H16Cl2FN. The maximum Gasteiger partial charge on any atom is 0.128 e. The average Bonchev–Trinajstić information content (AvgIpc) is 2.46. The quantitative estimate of drug-likeness (QED) is 0.717. The molecule has 1 N–H and O–H groups in total. The van der Waals surface area contributed by atoms with Crippen LogP contribution in [-0.4, -0.2) is 5.88 Å². The van der Waals surface area contributed by atoms with Gasteiger partial charge in [-0.3, -0.25) is 0 Å². The molecule has 0 atom stereocenters. The highest BCUT2D eigenvalue weighted by Crippen LogP contribution is 2.18. The number of nitrogens with one attached hydrogen (secondary N) is 1. The number of anilines is 1. The summed E-state index contributed by atoms with van der Waals surface area (Å²) in [5.41, 5.74) is 2.75. The second-order valence-corrected chi connectivity index (χ2v) is 5.40. The Balaban J connectivity index is 2.01. The molecule has 106 valence electrons. The summed E-state index contributed by atoms with van der Waals surface area (Å²) in [6, 6.07) is 12.7. The molecule has 0 unspecified atom stereocenters. The average molecular weight is 312 g/mol. The van der Waals surface area contributed by atoms with Crippen LogP contribution in [0.3, 0.4) is 0 Å². The topological polar surface area (TPSA) is 12.0 Å². The molecule has 0 spiro atoms. The highest BCUT2D eigenvalue weighted by Gasteiger charge is 2.03. The van der Waals surface area contributed by atoms with Crippen LogP contribution < -0.4 is 5.32 Å². The lowest BCUT2D eigenvalue weighted by molar-refractivity contribution is 0.613. The molecule has 0 amide bonds. The molecule has 0 radical (unpaired) electrons. The van der Waals surface area contributed by atoms with Gasteiger partial charge in [-0.15, -0.1) is 11.6 Å². The molecule has 0 saturated carbocycles. The summed E-state index contributed by atoms with van der Waals surface area (Å²) >= 11 is 11.6. The zero-order valence-electron chi connectivity index (χ0n) is 11.0. The smallest absolute Gasteiger partial charge is 0.128 e. The van der Waals surface area contributed by atoms with Gasteiger partial charge in [-0.2, -0.15) is 0 Å². The van der Waals surface area contributed by atoms with E-state index in [0.717, 1.165) is 18.5 Å². The number of benzene rings is 2. The standard InChI is InChI=1S/C16H16Cl2FN/c17-8-2-4-12-3-1-5-15(9-12)20-11-13-10-14(18)6-7-16(13)19/h1,3,5-7,9-10,20H,2,4,8,11H2. The summed E-state index contributed by atoms with van der Waals surface area (Å²) in [5, 5.41) is 3.75. The zero-order chi connectivity index (χ0) is 14.4. The first-order chi connectivity index (χ1) is 9.69. The highest BCUT2D eigenvalue weighted by atomic mass is 35.5. The number of hydrogen-bond donors (Lipinski definition) is 1. The molecule has 0 aliphatic carbocycles. The fourth-order valence-corrected chi connectivity index (χ4v) is 2.31.